The van der Waals surface area contributed by atoms with Crippen LogP contribution in [0.2, 0.25) is 18.1 Å². The molecule has 1 aromatic heterocycles. The average molecular weight is 587 g/mol. The standard InChI is InChI=1S/C36H50N2O3Si/c1-32(2,3)42(7,8)40-30-21-28-20-26-11-14-33(4)31(35(26)17-16-34(28,41-35)22-29(30)38(5)6)12-15-36(33,39)27-10-9-24-13-18-37-23-25(24)19-27/h9-10,13,18-21,23,29-31,39H,11-12,14-17,22H2,1-8H3/t29-,30-,31+,33-,34+,35+,36+/m0/s1. The second-order valence-electron chi connectivity index (χ2n) is 16.2. The highest BCUT2D eigenvalue weighted by molar-refractivity contribution is 6.74. The van der Waals surface area contributed by atoms with E-state index < -0.39 is 13.9 Å². The molecule has 1 aromatic carbocycles. The third kappa shape index (κ3) is 3.84. The molecule has 0 radical (unpaired) electrons. The van der Waals surface area contributed by atoms with Gasteiger partial charge in [0.15, 0.2) is 8.32 Å². The van der Waals surface area contributed by atoms with Crippen LogP contribution in [-0.4, -0.2) is 60.8 Å². The number of benzene rings is 1. The lowest BCUT2D eigenvalue weighted by molar-refractivity contribution is -0.177. The zero-order valence-corrected chi connectivity index (χ0v) is 28.0. The summed E-state index contributed by atoms with van der Waals surface area (Å²) < 4.78 is 14.7. The number of pyridine rings is 1. The molecule has 1 saturated heterocycles. The van der Waals surface area contributed by atoms with Crippen LogP contribution in [0.5, 0.6) is 0 Å². The number of hydrogen-bond acceptors (Lipinski definition) is 5. The molecular formula is C36H50N2O3Si. The van der Waals surface area contributed by atoms with E-state index in [4.69, 9.17) is 9.16 Å². The first-order valence-electron chi connectivity index (χ1n) is 16.2. The fourth-order valence-corrected chi connectivity index (χ4v) is 10.6. The van der Waals surface area contributed by atoms with E-state index >= 15 is 0 Å². The monoisotopic (exact) mass is 586 g/mol. The largest absolute Gasteiger partial charge is 0.409 e. The third-order valence-corrected chi connectivity index (χ3v) is 17.4. The zero-order valence-electron chi connectivity index (χ0n) is 27.0. The molecule has 2 saturated carbocycles. The van der Waals surface area contributed by atoms with Crippen molar-refractivity contribution >= 4 is 19.1 Å². The molecule has 2 bridgehead atoms. The molecule has 42 heavy (non-hydrogen) atoms. The van der Waals surface area contributed by atoms with Gasteiger partial charge in [0.1, 0.15) is 0 Å². The molecule has 0 unspecified atom stereocenters. The van der Waals surface area contributed by atoms with Crippen LogP contribution >= 0.6 is 0 Å². The maximum Gasteiger partial charge on any atom is 0.192 e. The number of aromatic nitrogens is 1. The van der Waals surface area contributed by atoms with Gasteiger partial charge >= 0.3 is 0 Å². The molecule has 7 rings (SSSR count). The van der Waals surface area contributed by atoms with Crippen LogP contribution in [0.15, 0.2) is 60.0 Å². The summed E-state index contributed by atoms with van der Waals surface area (Å²) in [6, 6.07) is 8.81. The molecule has 2 aromatic rings. The van der Waals surface area contributed by atoms with E-state index in [9.17, 15) is 5.11 Å². The molecule has 3 aliphatic carbocycles. The summed E-state index contributed by atoms with van der Waals surface area (Å²) in [6.45, 7) is 14.1. The summed E-state index contributed by atoms with van der Waals surface area (Å²) in [5, 5.41) is 15.0. The van der Waals surface area contributed by atoms with Gasteiger partial charge in [-0.2, -0.15) is 0 Å². The lowest BCUT2D eigenvalue weighted by atomic mass is 9.54. The van der Waals surface area contributed by atoms with E-state index in [0.29, 0.717) is 5.92 Å². The van der Waals surface area contributed by atoms with Crippen molar-refractivity contribution in [3.8, 4) is 0 Å². The van der Waals surface area contributed by atoms with Crippen molar-refractivity contribution in [2.24, 2.45) is 11.3 Å². The molecule has 3 heterocycles. The van der Waals surface area contributed by atoms with Gasteiger partial charge in [-0.15, -0.1) is 0 Å². The van der Waals surface area contributed by atoms with Crippen molar-refractivity contribution in [2.75, 3.05) is 14.1 Å². The number of likely N-dealkylation sites (N-methyl/N-ethyl adjacent to an activating group) is 1. The van der Waals surface area contributed by atoms with E-state index in [1.54, 1.807) is 0 Å². The van der Waals surface area contributed by atoms with E-state index in [1.165, 1.54) is 16.5 Å². The van der Waals surface area contributed by atoms with Crippen molar-refractivity contribution in [1.29, 1.82) is 0 Å². The van der Waals surface area contributed by atoms with Crippen molar-refractivity contribution in [2.45, 2.75) is 120 Å². The summed E-state index contributed by atoms with van der Waals surface area (Å²) in [5.74, 6) is 0.291. The average Bonchev–Trinajstić information content (AvgIpc) is 3.39. The predicted octanol–water partition coefficient (Wildman–Crippen LogP) is 7.51. The van der Waals surface area contributed by atoms with Crippen LogP contribution < -0.4 is 0 Å². The molecular weight excluding hydrogens is 536 g/mol. The van der Waals surface area contributed by atoms with Crippen LogP contribution in [0.1, 0.15) is 78.2 Å². The highest BCUT2D eigenvalue weighted by Gasteiger charge is 2.71. The minimum atomic E-state index is -1.95. The van der Waals surface area contributed by atoms with Crippen molar-refractivity contribution < 1.29 is 14.3 Å². The number of ether oxygens (including phenoxy) is 1. The minimum Gasteiger partial charge on any atom is -0.409 e. The Labute approximate surface area is 253 Å². The molecule has 5 nitrogen and oxygen atoms in total. The van der Waals surface area contributed by atoms with Crippen LogP contribution in [0.4, 0.5) is 0 Å². The Bertz CT molecular complexity index is 1490. The first kappa shape index (κ1) is 28.9. The smallest absolute Gasteiger partial charge is 0.192 e. The fraction of sp³-hybridized carbons (Fsp3) is 0.639. The first-order valence-corrected chi connectivity index (χ1v) is 19.1. The molecule has 2 spiro atoms. The molecule has 0 amide bonds. The Balaban J connectivity index is 1.26. The number of nitrogens with zero attached hydrogens (tertiary/aromatic N) is 2. The van der Waals surface area contributed by atoms with E-state index in [2.05, 4.69) is 95.1 Å². The summed E-state index contributed by atoms with van der Waals surface area (Å²) in [5.41, 5.74) is 2.18. The molecule has 7 atom stereocenters. The summed E-state index contributed by atoms with van der Waals surface area (Å²) >= 11 is 0. The Morgan fingerprint density at radius 1 is 1.07 bits per heavy atom. The molecule has 6 heteroatoms. The minimum absolute atomic E-state index is 0.0721. The highest BCUT2D eigenvalue weighted by Crippen LogP contribution is 2.71. The molecule has 2 aliphatic heterocycles. The van der Waals surface area contributed by atoms with Crippen LogP contribution in [0, 0.1) is 11.3 Å². The number of fused-ring (bicyclic) bond motifs is 2. The fourth-order valence-electron chi connectivity index (χ4n) is 9.36. The summed E-state index contributed by atoms with van der Waals surface area (Å²) in [7, 11) is 2.44. The summed E-state index contributed by atoms with van der Waals surface area (Å²) in [4.78, 5) is 6.72. The maximum absolute atomic E-state index is 12.6. The Hall–Kier alpha value is -1.83. The van der Waals surface area contributed by atoms with Gasteiger partial charge in [0, 0.05) is 35.2 Å². The second kappa shape index (κ2) is 9.10. The van der Waals surface area contributed by atoms with Crippen LogP contribution in [0.25, 0.3) is 10.8 Å². The van der Waals surface area contributed by atoms with Gasteiger partial charge in [-0.1, -0.05) is 45.9 Å². The summed E-state index contributed by atoms with van der Waals surface area (Å²) in [6.07, 6.45) is 15.6. The molecule has 5 aliphatic rings. The topological polar surface area (TPSA) is 54.8 Å². The van der Waals surface area contributed by atoms with E-state index in [-0.39, 0.29) is 33.8 Å². The molecule has 1 N–H and O–H groups in total. The predicted molar refractivity (Wildman–Crippen MR) is 172 cm³/mol. The molecule has 226 valence electrons. The SMILES string of the molecule is CN(C)[C@H]1C[C@@]23CC[C@@]4(O2)C(=CC3=C[C@@H]1O[Si](C)(C)C(C)(C)C)CC[C@@]1(C)[C@H]4CC[C@@]1(O)c1ccc2ccncc2c1. The van der Waals surface area contributed by atoms with Crippen molar-refractivity contribution in [3.63, 3.8) is 0 Å². The second-order valence-corrected chi connectivity index (χ2v) is 20.9. The van der Waals surface area contributed by atoms with Gasteiger partial charge in [0.25, 0.3) is 0 Å². The van der Waals surface area contributed by atoms with E-state index in [0.717, 1.165) is 55.9 Å². The van der Waals surface area contributed by atoms with Gasteiger partial charge in [-0.3, -0.25) is 4.98 Å². The Morgan fingerprint density at radius 3 is 2.60 bits per heavy atom. The highest BCUT2D eigenvalue weighted by atomic mass is 28.4. The lowest BCUT2D eigenvalue weighted by Crippen LogP contribution is -2.60. The van der Waals surface area contributed by atoms with Gasteiger partial charge in [-0.05, 0) is 117 Å². The number of aliphatic hydroxyl groups is 1. The van der Waals surface area contributed by atoms with Crippen LogP contribution in [0.3, 0.4) is 0 Å². The Morgan fingerprint density at radius 2 is 1.86 bits per heavy atom. The zero-order chi connectivity index (χ0) is 29.9. The van der Waals surface area contributed by atoms with Gasteiger partial charge in [0.05, 0.1) is 22.9 Å². The normalized spacial score (nSPS) is 39.5. The van der Waals surface area contributed by atoms with Gasteiger partial charge in [0.2, 0.25) is 0 Å². The van der Waals surface area contributed by atoms with Gasteiger partial charge < -0.3 is 19.2 Å². The van der Waals surface area contributed by atoms with Crippen LogP contribution in [-0.2, 0) is 14.8 Å². The molecule has 3 fully saturated rings. The van der Waals surface area contributed by atoms with Gasteiger partial charge in [-0.25, -0.2) is 0 Å². The van der Waals surface area contributed by atoms with Crippen molar-refractivity contribution in [3.05, 3.63) is 65.5 Å². The quantitative estimate of drug-likeness (QED) is 0.376. The maximum atomic E-state index is 12.6. The van der Waals surface area contributed by atoms with Crippen molar-refractivity contribution in [1.82, 2.24) is 9.88 Å². The first-order chi connectivity index (χ1) is 19.6. The van der Waals surface area contributed by atoms with E-state index in [1.807, 2.05) is 18.5 Å². The lowest BCUT2D eigenvalue weighted by Gasteiger charge is -2.57. The third-order valence-electron chi connectivity index (χ3n) is 12.9. The Kier molecular flexibility index (Phi) is 6.27. The number of hydrogen-bond donors (Lipinski definition) is 1. The number of rotatable bonds is 4.